The van der Waals surface area contributed by atoms with Crippen molar-refractivity contribution in [3.63, 3.8) is 0 Å². The van der Waals surface area contributed by atoms with Gasteiger partial charge in [-0.05, 0) is 30.3 Å². The quantitative estimate of drug-likeness (QED) is 0.321. The summed E-state index contributed by atoms with van der Waals surface area (Å²) in [7, 11) is 1.55. The van der Waals surface area contributed by atoms with Gasteiger partial charge in [0.05, 0.1) is 30.3 Å². The van der Waals surface area contributed by atoms with Gasteiger partial charge in [-0.3, -0.25) is 14.2 Å². The molecule has 0 atom stereocenters. The Morgan fingerprint density at radius 3 is 2.52 bits per heavy atom. The van der Waals surface area contributed by atoms with E-state index in [9.17, 15) is 18.4 Å². The molecule has 0 fully saturated rings. The number of hydrogen-bond acceptors (Lipinski definition) is 5. The van der Waals surface area contributed by atoms with Gasteiger partial charge in [0.25, 0.3) is 5.56 Å². The first-order chi connectivity index (χ1) is 15.9. The fourth-order valence-electron chi connectivity index (χ4n) is 3.35. The Bertz CT molecular complexity index is 1370. The van der Waals surface area contributed by atoms with Crippen LogP contribution < -0.4 is 15.6 Å². The molecule has 3 aromatic carbocycles. The van der Waals surface area contributed by atoms with Gasteiger partial charge in [0.15, 0.2) is 5.16 Å². The first-order valence-corrected chi connectivity index (χ1v) is 10.9. The number of aromatic nitrogens is 2. The van der Waals surface area contributed by atoms with E-state index in [-0.39, 0.29) is 23.5 Å². The first kappa shape index (κ1) is 22.5. The predicted molar refractivity (Wildman–Crippen MR) is 124 cm³/mol. The second kappa shape index (κ2) is 9.83. The third kappa shape index (κ3) is 5.20. The van der Waals surface area contributed by atoms with Gasteiger partial charge in [0.1, 0.15) is 17.4 Å². The monoisotopic (exact) mass is 467 g/mol. The Morgan fingerprint density at radius 2 is 1.76 bits per heavy atom. The van der Waals surface area contributed by atoms with Crippen molar-refractivity contribution in [2.75, 3.05) is 18.2 Å². The Labute approximate surface area is 192 Å². The van der Waals surface area contributed by atoms with E-state index < -0.39 is 17.5 Å². The third-order valence-electron chi connectivity index (χ3n) is 4.83. The lowest BCUT2D eigenvalue weighted by Crippen LogP contribution is -2.25. The summed E-state index contributed by atoms with van der Waals surface area (Å²) in [5.74, 6) is -1.57. The van der Waals surface area contributed by atoms with Crippen LogP contribution in [0.5, 0.6) is 5.75 Å². The van der Waals surface area contributed by atoms with Gasteiger partial charge in [-0.1, -0.05) is 42.1 Å². The molecule has 9 heteroatoms. The molecule has 6 nitrogen and oxygen atoms in total. The maximum absolute atomic E-state index is 13.4. The molecule has 4 aromatic rings. The highest BCUT2D eigenvalue weighted by Crippen LogP contribution is 2.23. The highest BCUT2D eigenvalue weighted by molar-refractivity contribution is 7.99. The fraction of sp³-hybridized carbons (Fsp3) is 0.125. The van der Waals surface area contributed by atoms with Gasteiger partial charge in [0, 0.05) is 17.3 Å². The number of methoxy groups -OCH3 is 1. The summed E-state index contributed by atoms with van der Waals surface area (Å²) in [5, 5.41) is 3.25. The number of benzene rings is 3. The molecule has 0 spiro atoms. The Hall–Kier alpha value is -3.72. The Morgan fingerprint density at radius 1 is 1.06 bits per heavy atom. The van der Waals surface area contributed by atoms with Crippen LogP contribution in [0.4, 0.5) is 14.5 Å². The lowest BCUT2D eigenvalue weighted by Gasteiger charge is -2.15. The zero-order valence-electron chi connectivity index (χ0n) is 17.5. The topological polar surface area (TPSA) is 73.2 Å². The molecule has 0 aliphatic heterocycles. The molecular weight excluding hydrogens is 448 g/mol. The van der Waals surface area contributed by atoms with E-state index in [4.69, 9.17) is 4.74 Å². The predicted octanol–water partition coefficient (Wildman–Crippen LogP) is 4.46. The molecule has 1 aromatic heterocycles. The van der Waals surface area contributed by atoms with Gasteiger partial charge in [-0.2, -0.15) is 0 Å². The molecular formula is C24H19F2N3O3S. The Balaban J connectivity index is 1.63. The van der Waals surface area contributed by atoms with Crippen LogP contribution in [0.3, 0.4) is 0 Å². The van der Waals surface area contributed by atoms with Crippen molar-refractivity contribution < 1.29 is 18.3 Å². The number of carbonyl (C=O) groups excluding carboxylic acids is 1. The van der Waals surface area contributed by atoms with Crippen molar-refractivity contribution in [2.24, 2.45) is 0 Å². The number of amides is 1. The van der Waals surface area contributed by atoms with Gasteiger partial charge >= 0.3 is 0 Å². The second-order valence-electron chi connectivity index (χ2n) is 7.11. The van der Waals surface area contributed by atoms with Gasteiger partial charge in [-0.15, -0.1) is 0 Å². The minimum atomic E-state index is -0.792. The van der Waals surface area contributed by atoms with E-state index in [2.05, 4.69) is 10.3 Å². The summed E-state index contributed by atoms with van der Waals surface area (Å²) in [6, 6.07) is 17.1. The van der Waals surface area contributed by atoms with Crippen LogP contribution in [-0.2, 0) is 11.3 Å². The van der Waals surface area contributed by atoms with E-state index in [1.807, 2.05) is 18.2 Å². The molecule has 0 unspecified atom stereocenters. The third-order valence-corrected chi connectivity index (χ3v) is 5.80. The normalized spacial score (nSPS) is 10.9. The van der Waals surface area contributed by atoms with Crippen LogP contribution in [0.25, 0.3) is 10.9 Å². The summed E-state index contributed by atoms with van der Waals surface area (Å²) in [4.78, 5) is 30.2. The van der Waals surface area contributed by atoms with Gasteiger partial charge in [-0.25, -0.2) is 13.8 Å². The van der Waals surface area contributed by atoms with E-state index in [0.717, 1.165) is 35.5 Å². The van der Waals surface area contributed by atoms with Crippen LogP contribution in [0.1, 0.15) is 5.56 Å². The second-order valence-corrected chi connectivity index (χ2v) is 8.05. The number of hydrogen-bond donors (Lipinski definition) is 1. The minimum Gasteiger partial charge on any atom is -0.496 e. The van der Waals surface area contributed by atoms with Crippen LogP contribution in [0.15, 0.2) is 76.7 Å². The van der Waals surface area contributed by atoms with Crippen LogP contribution in [0.2, 0.25) is 0 Å². The number of nitrogens with one attached hydrogen (secondary N) is 1. The summed E-state index contributed by atoms with van der Waals surface area (Å²) >= 11 is 1.06. The molecule has 0 aliphatic carbocycles. The average Bonchev–Trinajstić information content (AvgIpc) is 2.79. The molecule has 1 amide bonds. The van der Waals surface area contributed by atoms with Crippen molar-refractivity contribution in [3.05, 3.63) is 94.3 Å². The number of para-hydroxylation sites is 2. The average molecular weight is 467 g/mol. The molecule has 4 rings (SSSR count). The summed E-state index contributed by atoms with van der Waals surface area (Å²) in [6.45, 7) is 0.194. The lowest BCUT2D eigenvalue weighted by molar-refractivity contribution is -0.113. The van der Waals surface area contributed by atoms with Crippen molar-refractivity contribution in [3.8, 4) is 5.75 Å². The first-order valence-electron chi connectivity index (χ1n) is 9.95. The van der Waals surface area contributed by atoms with Crippen LogP contribution in [-0.4, -0.2) is 28.3 Å². The smallest absolute Gasteiger partial charge is 0.262 e. The van der Waals surface area contributed by atoms with Crippen molar-refractivity contribution in [2.45, 2.75) is 11.7 Å². The number of ether oxygens (including phenoxy) is 1. The highest BCUT2D eigenvalue weighted by Gasteiger charge is 2.15. The molecule has 1 N–H and O–H groups in total. The number of rotatable bonds is 7. The number of nitrogens with zero attached hydrogens (tertiary/aromatic N) is 2. The molecule has 0 aliphatic rings. The molecule has 0 radical (unpaired) electrons. The number of anilines is 1. The number of thioether (sulfide) groups is 1. The van der Waals surface area contributed by atoms with E-state index in [0.29, 0.717) is 21.8 Å². The molecule has 168 valence electrons. The lowest BCUT2D eigenvalue weighted by atomic mass is 10.2. The van der Waals surface area contributed by atoms with Gasteiger partial charge in [0.2, 0.25) is 5.91 Å². The van der Waals surface area contributed by atoms with Crippen molar-refractivity contribution >= 4 is 34.3 Å². The molecule has 0 bridgehead atoms. The fourth-order valence-corrected chi connectivity index (χ4v) is 4.15. The molecule has 33 heavy (non-hydrogen) atoms. The van der Waals surface area contributed by atoms with Gasteiger partial charge < -0.3 is 10.1 Å². The SMILES string of the molecule is COc1ccccc1Cn1c(SCC(=O)Nc2cc(F)cc(F)c2)nc2ccccc2c1=O. The summed E-state index contributed by atoms with van der Waals surface area (Å²) < 4.78 is 33.7. The number of carbonyl (C=O) groups is 1. The van der Waals surface area contributed by atoms with E-state index in [1.165, 1.54) is 4.57 Å². The largest absolute Gasteiger partial charge is 0.496 e. The van der Waals surface area contributed by atoms with Crippen molar-refractivity contribution in [1.82, 2.24) is 9.55 Å². The standard InChI is InChI=1S/C24H19F2N3O3S/c1-32-21-9-5-2-6-15(21)13-29-23(31)19-7-3-4-8-20(19)28-24(29)33-14-22(30)27-18-11-16(25)10-17(26)12-18/h2-12H,13-14H2,1H3,(H,27,30). The summed E-state index contributed by atoms with van der Waals surface area (Å²) in [5.41, 5.74) is 1.05. The van der Waals surface area contributed by atoms with E-state index in [1.54, 1.807) is 37.4 Å². The maximum atomic E-state index is 13.4. The molecule has 0 saturated heterocycles. The summed E-state index contributed by atoms with van der Waals surface area (Å²) in [6.07, 6.45) is 0. The zero-order valence-corrected chi connectivity index (χ0v) is 18.4. The Kier molecular flexibility index (Phi) is 6.69. The number of halogens is 2. The van der Waals surface area contributed by atoms with Crippen LogP contribution >= 0.6 is 11.8 Å². The molecule has 1 heterocycles. The number of fused-ring (bicyclic) bond motifs is 1. The minimum absolute atomic E-state index is 0.0102. The van der Waals surface area contributed by atoms with Crippen LogP contribution in [0, 0.1) is 11.6 Å². The molecule has 0 saturated carbocycles. The zero-order chi connectivity index (χ0) is 23.4. The van der Waals surface area contributed by atoms with Crippen molar-refractivity contribution in [1.29, 1.82) is 0 Å². The maximum Gasteiger partial charge on any atom is 0.262 e. The highest BCUT2D eigenvalue weighted by atomic mass is 32.2. The van der Waals surface area contributed by atoms with E-state index >= 15 is 0 Å².